The number of methoxy groups -OCH3 is 1. The van der Waals surface area contributed by atoms with Crippen molar-refractivity contribution in [2.75, 3.05) is 31.7 Å². The van der Waals surface area contributed by atoms with Crippen molar-refractivity contribution in [3.63, 3.8) is 0 Å². The molecular formula is C14H18N2O5. The van der Waals surface area contributed by atoms with Gasteiger partial charge < -0.3 is 19.5 Å². The van der Waals surface area contributed by atoms with Crippen LogP contribution >= 0.6 is 0 Å². The third-order valence-electron chi connectivity index (χ3n) is 3.28. The lowest BCUT2D eigenvalue weighted by molar-refractivity contribution is -0.142. The Labute approximate surface area is 122 Å². The average Bonchev–Trinajstić information content (AvgIpc) is 2.38. The molecule has 1 saturated heterocycles. The summed E-state index contributed by atoms with van der Waals surface area (Å²) >= 11 is 0. The Morgan fingerprint density at radius 3 is 2.76 bits per heavy atom. The van der Waals surface area contributed by atoms with E-state index in [0.717, 1.165) is 5.56 Å². The quantitative estimate of drug-likeness (QED) is 0.780. The van der Waals surface area contributed by atoms with E-state index in [1.165, 1.54) is 6.20 Å². The van der Waals surface area contributed by atoms with Gasteiger partial charge in [0.05, 0.1) is 24.7 Å². The van der Waals surface area contributed by atoms with Crippen LogP contribution < -0.4 is 4.90 Å². The highest BCUT2D eigenvalue weighted by Crippen LogP contribution is 2.27. The molecule has 0 radical (unpaired) electrons. The first-order valence-corrected chi connectivity index (χ1v) is 6.69. The third-order valence-corrected chi connectivity index (χ3v) is 3.28. The number of aromatic nitrogens is 1. The van der Waals surface area contributed by atoms with Crippen molar-refractivity contribution in [1.82, 2.24) is 4.98 Å². The van der Waals surface area contributed by atoms with Gasteiger partial charge in [-0.25, -0.2) is 9.78 Å². The van der Waals surface area contributed by atoms with Gasteiger partial charge in [0, 0.05) is 32.0 Å². The summed E-state index contributed by atoms with van der Waals surface area (Å²) in [7, 11) is 1.55. The summed E-state index contributed by atoms with van der Waals surface area (Å²) in [5, 5.41) is 8.91. The molecule has 7 heteroatoms. The molecule has 0 amide bonds. The first-order valence-electron chi connectivity index (χ1n) is 6.69. The maximum absolute atomic E-state index is 11.7. The van der Waals surface area contributed by atoms with Crippen LogP contribution in [0.3, 0.4) is 0 Å². The summed E-state index contributed by atoms with van der Waals surface area (Å²) in [5.41, 5.74) is 1.11. The number of rotatable bonds is 6. The van der Waals surface area contributed by atoms with E-state index in [1.54, 1.807) is 20.1 Å². The average molecular weight is 294 g/mol. The van der Waals surface area contributed by atoms with Gasteiger partial charge in [0.25, 0.3) is 0 Å². The van der Waals surface area contributed by atoms with E-state index in [4.69, 9.17) is 14.6 Å². The lowest BCUT2D eigenvalue weighted by Crippen LogP contribution is -2.51. The zero-order chi connectivity index (χ0) is 15.4. The Morgan fingerprint density at radius 1 is 1.48 bits per heavy atom. The summed E-state index contributed by atoms with van der Waals surface area (Å²) < 4.78 is 10.1. The van der Waals surface area contributed by atoms with Crippen molar-refractivity contribution in [1.29, 1.82) is 0 Å². The number of anilines is 1. The number of hydrogen-bond donors (Lipinski definition) is 1. The Bertz CT molecular complexity index is 540. The van der Waals surface area contributed by atoms with Crippen molar-refractivity contribution in [2.45, 2.75) is 13.5 Å². The van der Waals surface area contributed by atoms with Crippen LogP contribution in [0.25, 0.3) is 0 Å². The fourth-order valence-corrected chi connectivity index (χ4v) is 2.18. The van der Waals surface area contributed by atoms with Crippen molar-refractivity contribution >= 4 is 17.8 Å². The second-order valence-electron chi connectivity index (χ2n) is 4.80. The molecular weight excluding hydrogens is 276 g/mol. The summed E-state index contributed by atoms with van der Waals surface area (Å²) in [4.78, 5) is 28.7. The molecule has 1 aromatic heterocycles. The van der Waals surface area contributed by atoms with E-state index in [2.05, 4.69) is 4.98 Å². The van der Waals surface area contributed by atoms with Gasteiger partial charge in [-0.05, 0) is 13.0 Å². The summed E-state index contributed by atoms with van der Waals surface area (Å²) in [6.45, 7) is 3.16. The number of carboxylic acid groups (broad SMARTS) is 1. The zero-order valence-corrected chi connectivity index (χ0v) is 12.0. The predicted molar refractivity (Wildman–Crippen MR) is 74.2 cm³/mol. The number of carbonyl (C=O) groups excluding carboxylic acids is 1. The normalized spacial score (nSPS) is 14.7. The van der Waals surface area contributed by atoms with Gasteiger partial charge in [-0.2, -0.15) is 0 Å². The van der Waals surface area contributed by atoms with Gasteiger partial charge in [-0.15, -0.1) is 0 Å². The number of carbonyl (C=O) groups is 2. The number of hydrogen-bond acceptors (Lipinski definition) is 6. The van der Waals surface area contributed by atoms with Gasteiger partial charge >= 0.3 is 11.9 Å². The molecule has 0 bridgehead atoms. The van der Waals surface area contributed by atoms with Crippen LogP contribution in [0, 0.1) is 5.92 Å². The third kappa shape index (κ3) is 3.30. The highest BCUT2D eigenvalue weighted by Gasteiger charge is 2.34. The van der Waals surface area contributed by atoms with Crippen LogP contribution in [0.15, 0.2) is 12.3 Å². The van der Waals surface area contributed by atoms with E-state index in [1.807, 2.05) is 4.90 Å². The molecule has 1 aromatic rings. The van der Waals surface area contributed by atoms with Crippen LogP contribution in [-0.4, -0.2) is 48.8 Å². The van der Waals surface area contributed by atoms with Crippen LogP contribution in [0.4, 0.5) is 5.82 Å². The summed E-state index contributed by atoms with van der Waals surface area (Å²) in [5.74, 6) is -0.946. The molecule has 0 saturated carbocycles. The monoisotopic (exact) mass is 294 g/mol. The SMILES string of the molecule is CCOC(=O)c1cnc(N2CC(C(=O)O)C2)c(COC)c1. The molecule has 0 spiro atoms. The molecule has 0 unspecified atom stereocenters. The molecule has 2 heterocycles. The topological polar surface area (TPSA) is 89.0 Å². The van der Waals surface area contributed by atoms with Gasteiger partial charge in [0.2, 0.25) is 0 Å². The first-order chi connectivity index (χ1) is 10.1. The van der Waals surface area contributed by atoms with E-state index in [0.29, 0.717) is 37.7 Å². The highest BCUT2D eigenvalue weighted by atomic mass is 16.5. The first kappa shape index (κ1) is 15.2. The molecule has 1 N–H and O–H groups in total. The van der Waals surface area contributed by atoms with Gasteiger partial charge in [-0.3, -0.25) is 4.79 Å². The Hall–Kier alpha value is -2.15. The van der Waals surface area contributed by atoms with Gasteiger partial charge in [0.1, 0.15) is 5.82 Å². The molecule has 0 aliphatic carbocycles. The molecule has 1 aliphatic rings. The van der Waals surface area contributed by atoms with E-state index >= 15 is 0 Å². The second-order valence-corrected chi connectivity index (χ2v) is 4.80. The maximum atomic E-state index is 11.7. The lowest BCUT2D eigenvalue weighted by atomic mass is 9.99. The van der Waals surface area contributed by atoms with Crippen molar-refractivity contribution in [2.24, 2.45) is 5.92 Å². The van der Waals surface area contributed by atoms with E-state index < -0.39 is 11.9 Å². The predicted octanol–water partition coefficient (Wildman–Crippen LogP) is 0.925. The fraction of sp³-hybridized carbons (Fsp3) is 0.500. The number of aliphatic carboxylic acids is 1. The number of ether oxygens (including phenoxy) is 2. The highest BCUT2D eigenvalue weighted by molar-refractivity contribution is 5.89. The zero-order valence-electron chi connectivity index (χ0n) is 12.0. The Kier molecular flexibility index (Phi) is 4.74. The molecule has 0 aromatic carbocycles. The van der Waals surface area contributed by atoms with Crippen LogP contribution in [0.1, 0.15) is 22.8 Å². The van der Waals surface area contributed by atoms with Crippen LogP contribution in [-0.2, 0) is 20.9 Å². The molecule has 7 nitrogen and oxygen atoms in total. The lowest BCUT2D eigenvalue weighted by Gasteiger charge is -2.38. The Balaban J connectivity index is 2.18. The summed E-state index contributed by atoms with van der Waals surface area (Å²) in [6.07, 6.45) is 1.45. The fourth-order valence-electron chi connectivity index (χ4n) is 2.18. The largest absolute Gasteiger partial charge is 0.481 e. The minimum absolute atomic E-state index is 0.295. The van der Waals surface area contributed by atoms with E-state index in [9.17, 15) is 9.59 Å². The minimum Gasteiger partial charge on any atom is -0.481 e. The van der Waals surface area contributed by atoms with E-state index in [-0.39, 0.29) is 5.92 Å². The molecule has 2 rings (SSSR count). The summed E-state index contributed by atoms with van der Waals surface area (Å²) in [6, 6.07) is 1.68. The molecule has 21 heavy (non-hydrogen) atoms. The standard InChI is InChI=1S/C14H18N2O5/c1-3-21-14(19)9-4-10(8-20-2)12(15-5-9)16-6-11(7-16)13(17)18/h4-5,11H,3,6-8H2,1-2H3,(H,17,18). The molecule has 0 atom stereocenters. The van der Waals surface area contributed by atoms with Crippen molar-refractivity contribution in [3.8, 4) is 0 Å². The molecule has 1 aliphatic heterocycles. The number of pyridine rings is 1. The maximum Gasteiger partial charge on any atom is 0.339 e. The second kappa shape index (κ2) is 6.53. The Morgan fingerprint density at radius 2 is 2.19 bits per heavy atom. The molecule has 1 fully saturated rings. The van der Waals surface area contributed by atoms with Crippen molar-refractivity contribution < 1.29 is 24.2 Å². The van der Waals surface area contributed by atoms with Crippen LogP contribution in [0.2, 0.25) is 0 Å². The smallest absolute Gasteiger partial charge is 0.339 e. The van der Waals surface area contributed by atoms with Gasteiger partial charge in [-0.1, -0.05) is 0 Å². The van der Waals surface area contributed by atoms with Crippen molar-refractivity contribution in [3.05, 3.63) is 23.4 Å². The number of carboxylic acids is 1. The minimum atomic E-state index is -0.803. The van der Waals surface area contributed by atoms with Gasteiger partial charge in [0.15, 0.2) is 0 Å². The van der Waals surface area contributed by atoms with Crippen LogP contribution in [0.5, 0.6) is 0 Å². The number of esters is 1. The number of nitrogens with zero attached hydrogens (tertiary/aromatic N) is 2. The molecule has 114 valence electrons.